The van der Waals surface area contributed by atoms with E-state index in [9.17, 15) is 4.79 Å². The fourth-order valence-electron chi connectivity index (χ4n) is 11.8. The molecular weight excluding hydrogens is 590 g/mol. The number of hydroxylamine groups is 1. The average Bonchev–Trinajstić information content (AvgIpc) is 3.42. The molecule has 264 valence electrons. The van der Waals surface area contributed by atoms with Crippen molar-refractivity contribution in [1.82, 2.24) is 25.7 Å². The van der Waals surface area contributed by atoms with E-state index in [-0.39, 0.29) is 63.4 Å². The first kappa shape index (κ1) is 34.8. The van der Waals surface area contributed by atoms with E-state index in [1.54, 1.807) is 10.4 Å². The third kappa shape index (κ3) is 5.12. The predicted molar refractivity (Wildman–Crippen MR) is 183 cm³/mol. The molecule has 3 saturated carbocycles. The molecule has 1 amide bonds. The monoisotopic (exact) mass is 653 g/mol. The average molecular weight is 654 g/mol. The SMILES string of the molecule is CC(C)[C@@H](C)[C@@]1(C)CC[C@]2(C)[C@H]3CC[C@@H]4[C@@]5(C)COC[C@@]4(C[C@H](n4nnc(N)n4)C5)C3=CC[C@@]2(C)[C@@H]1C(=O)NOC[C@@](C)(N)C(C)C. The Morgan fingerprint density at radius 2 is 1.83 bits per heavy atom. The summed E-state index contributed by atoms with van der Waals surface area (Å²) in [5, 5.41) is 12.9. The number of tetrazole rings is 1. The van der Waals surface area contributed by atoms with Gasteiger partial charge in [-0.3, -0.25) is 9.63 Å². The minimum Gasteiger partial charge on any atom is -0.380 e. The van der Waals surface area contributed by atoms with Crippen LogP contribution in [0, 0.1) is 62.6 Å². The number of rotatable bonds is 8. The van der Waals surface area contributed by atoms with E-state index in [1.165, 1.54) is 6.42 Å². The van der Waals surface area contributed by atoms with Crippen LogP contribution >= 0.6 is 0 Å². The highest BCUT2D eigenvalue weighted by atomic mass is 16.7. The lowest BCUT2D eigenvalue weighted by Gasteiger charge is -2.70. The van der Waals surface area contributed by atoms with Crippen molar-refractivity contribution in [3.8, 4) is 0 Å². The van der Waals surface area contributed by atoms with Gasteiger partial charge in [0.25, 0.3) is 5.95 Å². The lowest BCUT2D eigenvalue weighted by atomic mass is 9.34. The Kier molecular flexibility index (Phi) is 8.52. The minimum absolute atomic E-state index is 0.0119. The van der Waals surface area contributed by atoms with Gasteiger partial charge in [-0.25, -0.2) is 5.48 Å². The van der Waals surface area contributed by atoms with Gasteiger partial charge in [0.05, 0.1) is 31.8 Å². The van der Waals surface area contributed by atoms with Crippen molar-refractivity contribution in [3.05, 3.63) is 11.6 Å². The molecule has 4 aliphatic carbocycles. The van der Waals surface area contributed by atoms with Crippen molar-refractivity contribution in [1.29, 1.82) is 0 Å². The molecule has 4 fully saturated rings. The first-order chi connectivity index (χ1) is 21.8. The van der Waals surface area contributed by atoms with Crippen LogP contribution in [-0.2, 0) is 14.4 Å². The number of nitrogen functional groups attached to an aromatic ring is 1. The van der Waals surface area contributed by atoms with Crippen molar-refractivity contribution >= 4 is 11.9 Å². The zero-order chi connectivity index (χ0) is 34.4. The number of ether oxygens (including phenoxy) is 1. The molecule has 1 aromatic rings. The predicted octanol–water partition coefficient (Wildman–Crippen LogP) is 6.11. The number of carbonyl (C=O) groups excluding carboxylic acids is 1. The molecule has 11 atom stereocenters. The van der Waals surface area contributed by atoms with Gasteiger partial charge in [0.1, 0.15) is 0 Å². The van der Waals surface area contributed by atoms with Crippen LogP contribution in [0.5, 0.6) is 0 Å². The van der Waals surface area contributed by atoms with Crippen LogP contribution in [-0.4, -0.2) is 51.5 Å². The van der Waals surface area contributed by atoms with Crippen molar-refractivity contribution in [2.45, 2.75) is 126 Å². The lowest BCUT2D eigenvalue weighted by Crippen LogP contribution is -2.67. The summed E-state index contributed by atoms with van der Waals surface area (Å²) in [5.74, 6) is 1.99. The van der Waals surface area contributed by atoms with Crippen LogP contribution in [0.25, 0.3) is 0 Å². The number of allylic oxidation sites excluding steroid dienone is 1. The smallest absolute Gasteiger partial charge is 0.260 e. The number of carbonyl (C=O) groups is 1. The molecule has 0 radical (unpaired) electrons. The summed E-state index contributed by atoms with van der Waals surface area (Å²) < 4.78 is 6.55. The van der Waals surface area contributed by atoms with E-state index in [0.29, 0.717) is 23.7 Å². The number of aromatic nitrogens is 4. The summed E-state index contributed by atoms with van der Waals surface area (Å²) in [6, 6.07) is 0.127. The molecule has 1 aromatic heterocycles. The fraction of sp³-hybridized carbons (Fsp3) is 0.892. The normalized spacial score (nSPS) is 43.3. The van der Waals surface area contributed by atoms with Crippen LogP contribution in [0.4, 0.5) is 5.95 Å². The van der Waals surface area contributed by atoms with Gasteiger partial charge in [0.15, 0.2) is 0 Å². The molecular formula is C37H63N7O3. The van der Waals surface area contributed by atoms with Gasteiger partial charge >= 0.3 is 0 Å². The first-order valence-electron chi connectivity index (χ1n) is 18.4. The topological polar surface area (TPSA) is 143 Å². The molecule has 47 heavy (non-hydrogen) atoms. The molecule has 2 bridgehead atoms. The highest BCUT2D eigenvalue weighted by Crippen LogP contribution is 2.75. The Labute approximate surface area is 282 Å². The molecule has 1 saturated heterocycles. The number of fused-ring (bicyclic) bond motifs is 3. The van der Waals surface area contributed by atoms with Crippen LogP contribution in [0.3, 0.4) is 0 Å². The molecule has 0 unspecified atom stereocenters. The number of nitrogens with one attached hydrogen (secondary N) is 1. The van der Waals surface area contributed by atoms with Crippen LogP contribution < -0.4 is 16.9 Å². The summed E-state index contributed by atoms with van der Waals surface area (Å²) in [6.07, 6.45) is 9.77. The van der Waals surface area contributed by atoms with Crippen LogP contribution in [0.1, 0.15) is 120 Å². The maximum absolute atomic E-state index is 14.7. The van der Waals surface area contributed by atoms with Crippen molar-refractivity contribution in [2.75, 3.05) is 25.6 Å². The molecule has 1 aliphatic heterocycles. The fourth-order valence-corrected chi connectivity index (χ4v) is 11.8. The van der Waals surface area contributed by atoms with Gasteiger partial charge in [-0.05, 0) is 108 Å². The second-order valence-electron chi connectivity index (χ2n) is 18.6. The summed E-state index contributed by atoms with van der Waals surface area (Å²) in [6.45, 7) is 24.6. The maximum Gasteiger partial charge on any atom is 0.260 e. The Hall–Kier alpha value is -2.04. The highest BCUT2D eigenvalue weighted by Gasteiger charge is 2.70. The summed E-state index contributed by atoms with van der Waals surface area (Å²) >= 11 is 0. The zero-order valence-corrected chi connectivity index (χ0v) is 30.9. The molecule has 10 nitrogen and oxygen atoms in total. The van der Waals surface area contributed by atoms with Gasteiger partial charge < -0.3 is 16.2 Å². The molecule has 5 N–H and O–H groups in total. The van der Waals surface area contributed by atoms with E-state index >= 15 is 0 Å². The number of hydrogen-bond acceptors (Lipinski definition) is 8. The third-order valence-corrected chi connectivity index (χ3v) is 15.5. The van der Waals surface area contributed by atoms with Crippen LogP contribution in [0.2, 0.25) is 0 Å². The van der Waals surface area contributed by atoms with Crippen molar-refractivity contribution in [2.24, 2.45) is 68.3 Å². The third-order valence-electron chi connectivity index (χ3n) is 15.5. The quantitative estimate of drug-likeness (QED) is 0.225. The van der Waals surface area contributed by atoms with Crippen molar-refractivity contribution in [3.63, 3.8) is 0 Å². The maximum atomic E-state index is 14.7. The van der Waals surface area contributed by atoms with Gasteiger partial charge in [0.2, 0.25) is 5.91 Å². The zero-order valence-electron chi connectivity index (χ0n) is 30.9. The second kappa shape index (κ2) is 11.5. The van der Waals surface area contributed by atoms with Gasteiger partial charge in [-0.1, -0.05) is 79.1 Å². The summed E-state index contributed by atoms with van der Waals surface area (Å²) in [7, 11) is 0. The van der Waals surface area contributed by atoms with E-state index in [1.807, 2.05) is 6.92 Å². The Morgan fingerprint density at radius 1 is 1.11 bits per heavy atom. The Bertz CT molecular complexity index is 1390. The molecule has 0 aromatic carbocycles. The molecule has 6 rings (SSSR count). The van der Waals surface area contributed by atoms with Crippen molar-refractivity contribution < 1.29 is 14.4 Å². The number of nitrogens with zero attached hydrogens (tertiary/aromatic N) is 4. The van der Waals surface area contributed by atoms with E-state index in [2.05, 4.69) is 89.3 Å². The first-order valence-corrected chi connectivity index (χ1v) is 18.4. The summed E-state index contributed by atoms with van der Waals surface area (Å²) in [5.41, 5.74) is 15.9. The lowest BCUT2D eigenvalue weighted by molar-refractivity contribution is -0.211. The molecule has 2 heterocycles. The number of anilines is 1. The van der Waals surface area contributed by atoms with Gasteiger partial charge in [-0.2, -0.15) is 4.80 Å². The minimum atomic E-state index is -0.533. The van der Waals surface area contributed by atoms with Gasteiger partial charge in [0, 0.05) is 11.0 Å². The largest absolute Gasteiger partial charge is 0.380 e. The van der Waals surface area contributed by atoms with E-state index < -0.39 is 5.54 Å². The second-order valence-corrected chi connectivity index (χ2v) is 18.6. The number of amides is 1. The standard InChI is InChI=1S/C37H63N7O3/c1-22(2)24(5)33(7)15-16-34(8)26-11-12-28-32(6)17-25(44-41-31(38)40-43-44)18-37(28,21-46-19-32)27(26)13-14-35(34,9)29(33)30(45)42-47-20-36(10,39)23(3)4/h13,22-26,28-29H,11-12,14-21,39H2,1-10H3,(H2,38,41)(H,42,45)/t24-,25-,26+,28-,29-,32-,33-,34-,35+,36-,37+/m1/s1. The highest BCUT2D eigenvalue weighted by molar-refractivity contribution is 5.80. The Morgan fingerprint density at radius 3 is 2.47 bits per heavy atom. The molecule has 10 heteroatoms. The number of nitrogens with two attached hydrogens (primary N) is 2. The van der Waals surface area contributed by atoms with E-state index in [0.717, 1.165) is 51.7 Å². The van der Waals surface area contributed by atoms with Crippen LogP contribution in [0.15, 0.2) is 11.6 Å². The van der Waals surface area contributed by atoms with E-state index in [4.69, 9.17) is 21.0 Å². The summed E-state index contributed by atoms with van der Waals surface area (Å²) in [4.78, 5) is 22.4. The number of hydrogen-bond donors (Lipinski definition) is 3. The Balaban J connectivity index is 1.39. The van der Waals surface area contributed by atoms with Gasteiger partial charge in [-0.15, -0.1) is 5.10 Å². The molecule has 0 spiro atoms. The molecule has 5 aliphatic rings.